The van der Waals surface area contributed by atoms with E-state index in [0.717, 1.165) is 19.5 Å². The number of carbonyl (C=O) groups is 1. The number of piperidine rings is 1. The van der Waals surface area contributed by atoms with E-state index in [2.05, 4.69) is 17.6 Å². The van der Waals surface area contributed by atoms with Gasteiger partial charge in [-0.15, -0.1) is 0 Å². The molecule has 98 valence electrons. The molecule has 2 fully saturated rings. The summed E-state index contributed by atoms with van der Waals surface area (Å²) in [6.07, 6.45) is 9.86. The second-order valence-electron chi connectivity index (χ2n) is 5.78. The normalized spacial score (nSPS) is 27.9. The number of carbonyl (C=O) groups excluding carboxylic acids is 1. The Labute approximate surface area is 105 Å². The molecule has 0 aromatic rings. The molecule has 1 atom stereocenters. The van der Waals surface area contributed by atoms with Crippen LogP contribution in [0.5, 0.6) is 0 Å². The molecule has 1 amide bonds. The summed E-state index contributed by atoms with van der Waals surface area (Å²) in [6, 6.07) is 0.0686. The fourth-order valence-electron chi connectivity index (χ4n) is 3.25. The third-order valence-corrected chi connectivity index (χ3v) is 4.68. The Kier molecular flexibility index (Phi) is 4.43. The first-order valence-corrected chi connectivity index (χ1v) is 7.27. The van der Waals surface area contributed by atoms with Crippen molar-refractivity contribution in [2.45, 2.75) is 64.3 Å². The van der Waals surface area contributed by atoms with Crippen molar-refractivity contribution in [3.8, 4) is 0 Å². The van der Waals surface area contributed by atoms with Crippen LogP contribution in [-0.4, -0.2) is 25.0 Å². The highest BCUT2D eigenvalue weighted by atomic mass is 16.2. The smallest absolute Gasteiger partial charge is 0.237 e. The Hall–Kier alpha value is -0.570. The number of rotatable bonds is 4. The Bertz CT molecular complexity index is 253. The number of hydrogen-bond acceptors (Lipinski definition) is 2. The standard InChI is InChI=1S/C14H26N2O/c1-2-14(8-4-5-9-14)11-16-13(17)12-7-3-6-10-15-12/h12,15H,2-11H2,1H3,(H,16,17)/t12-/m1/s1. The number of nitrogens with one attached hydrogen (secondary N) is 2. The molecular formula is C14H26N2O. The summed E-state index contributed by atoms with van der Waals surface area (Å²) >= 11 is 0. The van der Waals surface area contributed by atoms with Crippen LogP contribution in [-0.2, 0) is 4.79 Å². The maximum Gasteiger partial charge on any atom is 0.237 e. The quantitative estimate of drug-likeness (QED) is 0.788. The van der Waals surface area contributed by atoms with E-state index in [0.29, 0.717) is 5.41 Å². The molecule has 3 nitrogen and oxygen atoms in total. The van der Waals surface area contributed by atoms with Crippen LogP contribution in [0.3, 0.4) is 0 Å². The Morgan fingerprint density at radius 3 is 2.65 bits per heavy atom. The predicted octanol–water partition coefficient (Wildman–Crippen LogP) is 2.22. The van der Waals surface area contributed by atoms with Gasteiger partial charge in [0.2, 0.25) is 5.91 Å². The van der Waals surface area contributed by atoms with E-state index in [4.69, 9.17) is 0 Å². The predicted molar refractivity (Wildman–Crippen MR) is 69.8 cm³/mol. The van der Waals surface area contributed by atoms with Gasteiger partial charge in [-0.05, 0) is 44.1 Å². The van der Waals surface area contributed by atoms with Gasteiger partial charge in [0.15, 0.2) is 0 Å². The zero-order valence-electron chi connectivity index (χ0n) is 11.1. The van der Waals surface area contributed by atoms with Crippen molar-refractivity contribution in [1.82, 2.24) is 10.6 Å². The summed E-state index contributed by atoms with van der Waals surface area (Å²) < 4.78 is 0. The van der Waals surface area contributed by atoms with Gasteiger partial charge in [0.25, 0.3) is 0 Å². The molecule has 0 bridgehead atoms. The lowest BCUT2D eigenvalue weighted by Gasteiger charge is -2.29. The van der Waals surface area contributed by atoms with E-state index in [1.165, 1.54) is 44.9 Å². The summed E-state index contributed by atoms with van der Waals surface area (Å²) in [5.74, 6) is 0.226. The summed E-state index contributed by atoms with van der Waals surface area (Å²) in [7, 11) is 0. The van der Waals surface area contributed by atoms with Crippen molar-refractivity contribution in [3.63, 3.8) is 0 Å². The molecular weight excluding hydrogens is 212 g/mol. The lowest BCUT2D eigenvalue weighted by atomic mass is 9.83. The first-order valence-electron chi connectivity index (χ1n) is 7.27. The largest absolute Gasteiger partial charge is 0.354 e. The fourth-order valence-corrected chi connectivity index (χ4v) is 3.25. The van der Waals surface area contributed by atoms with Crippen molar-refractivity contribution in [2.75, 3.05) is 13.1 Å². The van der Waals surface area contributed by atoms with Gasteiger partial charge in [-0.2, -0.15) is 0 Å². The number of hydrogen-bond donors (Lipinski definition) is 2. The third-order valence-electron chi connectivity index (χ3n) is 4.68. The van der Waals surface area contributed by atoms with Crippen molar-refractivity contribution >= 4 is 5.91 Å². The van der Waals surface area contributed by atoms with Gasteiger partial charge in [-0.3, -0.25) is 4.79 Å². The molecule has 0 aromatic heterocycles. The second-order valence-corrected chi connectivity index (χ2v) is 5.78. The first kappa shape index (κ1) is 12.9. The molecule has 2 rings (SSSR count). The molecule has 1 aliphatic heterocycles. The number of amides is 1. The van der Waals surface area contributed by atoms with Crippen LogP contribution in [0.15, 0.2) is 0 Å². The topological polar surface area (TPSA) is 41.1 Å². The van der Waals surface area contributed by atoms with Crippen molar-refractivity contribution < 1.29 is 4.79 Å². The van der Waals surface area contributed by atoms with Gasteiger partial charge >= 0.3 is 0 Å². The summed E-state index contributed by atoms with van der Waals surface area (Å²) in [5.41, 5.74) is 0.407. The van der Waals surface area contributed by atoms with E-state index in [9.17, 15) is 4.79 Å². The SMILES string of the molecule is CCC1(CNC(=O)[C@H]2CCCCN2)CCCC1. The molecule has 0 spiro atoms. The summed E-state index contributed by atoms with van der Waals surface area (Å²) in [6.45, 7) is 4.15. The summed E-state index contributed by atoms with van der Waals surface area (Å²) in [5, 5.41) is 6.50. The van der Waals surface area contributed by atoms with Crippen LogP contribution in [0.2, 0.25) is 0 Å². The maximum absolute atomic E-state index is 12.0. The Balaban J connectivity index is 1.78. The van der Waals surface area contributed by atoms with Crippen molar-refractivity contribution in [2.24, 2.45) is 5.41 Å². The van der Waals surface area contributed by atoms with E-state index in [1.54, 1.807) is 0 Å². The molecule has 1 heterocycles. The van der Waals surface area contributed by atoms with E-state index < -0.39 is 0 Å². The highest BCUT2D eigenvalue weighted by Crippen LogP contribution is 2.40. The molecule has 0 aromatic carbocycles. The van der Waals surface area contributed by atoms with Crippen LogP contribution < -0.4 is 10.6 Å². The molecule has 1 saturated heterocycles. The first-order chi connectivity index (χ1) is 8.26. The van der Waals surface area contributed by atoms with Gasteiger partial charge in [0, 0.05) is 6.54 Å². The highest BCUT2D eigenvalue weighted by molar-refractivity contribution is 5.81. The Morgan fingerprint density at radius 1 is 1.29 bits per heavy atom. The van der Waals surface area contributed by atoms with Crippen LogP contribution in [0.1, 0.15) is 58.3 Å². The minimum atomic E-state index is 0.0686. The van der Waals surface area contributed by atoms with Gasteiger partial charge in [-0.25, -0.2) is 0 Å². The van der Waals surface area contributed by atoms with E-state index >= 15 is 0 Å². The zero-order valence-corrected chi connectivity index (χ0v) is 11.1. The molecule has 0 radical (unpaired) electrons. The zero-order chi connectivity index (χ0) is 12.1. The fraction of sp³-hybridized carbons (Fsp3) is 0.929. The monoisotopic (exact) mass is 238 g/mol. The second kappa shape index (κ2) is 5.85. The molecule has 3 heteroatoms. The lowest BCUT2D eigenvalue weighted by Crippen LogP contribution is -2.48. The average molecular weight is 238 g/mol. The molecule has 2 N–H and O–H groups in total. The molecule has 2 aliphatic rings. The van der Waals surface area contributed by atoms with Crippen LogP contribution >= 0.6 is 0 Å². The Morgan fingerprint density at radius 2 is 2.06 bits per heavy atom. The molecule has 0 unspecified atom stereocenters. The third kappa shape index (κ3) is 3.21. The van der Waals surface area contributed by atoms with Gasteiger partial charge in [0.1, 0.15) is 0 Å². The van der Waals surface area contributed by atoms with Gasteiger partial charge in [-0.1, -0.05) is 26.2 Å². The van der Waals surface area contributed by atoms with E-state index in [1.807, 2.05) is 0 Å². The van der Waals surface area contributed by atoms with E-state index in [-0.39, 0.29) is 11.9 Å². The van der Waals surface area contributed by atoms with Gasteiger partial charge < -0.3 is 10.6 Å². The van der Waals surface area contributed by atoms with Crippen LogP contribution in [0.25, 0.3) is 0 Å². The average Bonchev–Trinajstić information content (AvgIpc) is 2.86. The lowest BCUT2D eigenvalue weighted by molar-refractivity contribution is -0.124. The molecule has 1 saturated carbocycles. The minimum absolute atomic E-state index is 0.0686. The van der Waals surface area contributed by atoms with Crippen molar-refractivity contribution in [3.05, 3.63) is 0 Å². The molecule has 1 aliphatic carbocycles. The van der Waals surface area contributed by atoms with Crippen molar-refractivity contribution in [1.29, 1.82) is 0 Å². The molecule has 17 heavy (non-hydrogen) atoms. The van der Waals surface area contributed by atoms with Crippen LogP contribution in [0.4, 0.5) is 0 Å². The summed E-state index contributed by atoms with van der Waals surface area (Å²) in [4.78, 5) is 12.0. The van der Waals surface area contributed by atoms with Crippen LogP contribution in [0, 0.1) is 5.41 Å². The van der Waals surface area contributed by atoms with Gasteiger partial charge in [0.05, 0.1) is 6.04 Å². The maximum atomic E-state index is 12.0. The minimum Gasteiger partial charge on any atom is -0.354 e. The highest BCUT2D eigenvalue weighted by Gasteiger charge is 2.33.